The van der Waals surface area contributed by atoms with Crippen LogP contribution in [-0.4, -0.2) is 48.7 Å². The first kappa shape index (κ1) is 16.0. The first-order chi connectivity index (χ1) is 9.35. The normalized spacial score (nSPS) is 11.7. The van der Waals surface area contributed by atoms with Crippen LogP contribution in [0.1, 0.15) is 22.8 Å². The van der Waals surface area contributed by atoms with Gasteiger partial charge in [0.05, 0.1) is 12.6 Å². The first-order valence-electron chi connectivity index (χ1n) is 6.35. The van der Waals surface area contributed by atoms with E-state index in [-0.39, 0.29) is 18.6 Å². The maximum Gasteiger partial charge on any atom is 0.319 e. The number of carbonyl (C=O) groups is 2. The lowest BCUT2D eigenvalue weighted by atomic mass is 10.1. The Kier molecular flexibility index (Phi) is 5.52. The van der Waals surface area contributed by atoms with Crippen LogP contribution in [0.4, 0.5) is 10.5 Å². The molecule has 6 heteroatoms. The summed E-state index contributed by atoms with van der Waals surface area (Å²) < 4.78 is 0. The number of rotatable bonds is 4. The minimum atomic E-state index is -0.413. The number of carbonyl (C=O) groups excluding carboxylic acids is 2. The third-order valence-corrected chi connectivity index (χ3v) is 2.79. The Hall–Kier alpha value is -2.08. The summed E-state index contributed by atoms with van der Waals surface area (Å²) in [5.41, 5.74) is 1.93. The number of amides is 3. The van der Waals surface area contributed by atoms with Crippen LogP contribution in [0.5, 0.6) is 0 Å². The van der Waals surface area contributed by atoms with E-state index in [2.05, 4.69) is 10.6 Å². The Morgan fingerprint density at radius 3 is 2.55 bits per heavy atom. The van der Waals surface area contributed by atoms with Crippen molar-refractivity contribution >= 4 is 17.6 Å². The molecule has 0 radical (unpaired) electrons. The van der Waals surface area contributed by atoms with Gasteiger partial charge in [0.2, 0.25) is 0 Å². The summed E-state index contributed by atoms with van der Waals surface area (Å²) in [5, 5.41) is 14.1. The minimum absolute atomic E-state index is 0.128. The zero-order chi connectivity index (χ0) is 15.3. The van der Waals surface area contributed by atoms with Crippen LogP contribution in [-0.2, 0) is 0 Å². The van der Waals surface area contributed by atoms with Crippen molar-refractivity contribution in [2.45, 2.75) is 19.9 Å². The maximum atomic E-state index is 11.9. The molecule has 1 aromatic rings. The molecule has 0 saturated carbocycles. The van der Waals surface area contributed by atoms with Crippen LogP contribution in [0.15, 0.2) is 18.2 Å². The number of aliphatic hydroxyl groups excluding tert-OH is 1. The van der Waals surface area contributed by atoms with Crippen LogP contribution >= 0.6 is 0 Å². The molecule has 3 N–H and O–H groups in total. The maximum absolute atomic E-state index is 11.9. The molecule has 1 atom stereocenters. The van der Waals surface area contributed by atoms with Crippen molar-refractivity contribution in [3.05, 3.63) is 29.3 Å². The zero-order valence-electron chi connectivity index (χ0n) is 12.2. The van der Waals surface area contributed by atoms with Crippen molar-refractivity contribution < 1.29 is 14.7 Å². The standard InChI is InChI=1S/C14H21N3O3/c1-9-5-6-11(13(19)17(3)4)7-12(9)16-14(20)15-10(2)8-18/h5-7,10,18H,8H2,1-4H3,(H2,15,16,20). The predicted octanol–water partition coefficient (Wildman–Crippen LogP) is 1.20. The van der Waals surface area contributed by atoms with Gasteiger partial charge >= 0.3 is 6.03 Å². The van der Waals surface area contributed by atoms with Crippen LogP contribution in [0.25, 0.3) is 0 Å². The molecule has 6 nitrogen and oxygen atoms in total. The second kappa shape index (κ2) is 6.91. The topological polar surface area (TPSA) is 81.7 Å². The van der Waals surface area contributed by atoms with Crippen molar-refractivity contribution in [1.82, 2.24) is 10.2 Å². The molecule has 0 aromatic heterocycles. The lowest BCUT2D eigenvalue weighted by molar-refractivity contribution is 0.0827. The summed E-state index contributed by atoms with van der Waals surface area (Å²) >= 11 is 0. The fourth-order valence-corrected chi connectivity index (χ4v) is 1.58. The molecule has 0 saturated heterocycles. The smallest absolute Gasteiger partial charge is 0.319 e. The largest absolute Gasteiger partial charge is 0.394 e. The van der Waals surface area contributed by atoms with Crippen molar-refractivity contribution in [2.75, 3.05) is 26.0 Å². The number of benzene rings is 1. The van der Waals surface area contributed by atoms with Gasteiger partial charge < -0.3 is 20.6 Å². The van der Waals surface area contributed by atoms with Gasteiger partial charge in [-0.1, -0.05) is 6.07 Å². The fourth-order valence-electron chi connectivity index (χ4n) is 1.58. The van der Waals surface area contributed by atoms with E-state index >= 15 is 0 Å². The molecule has 20 heavy (non-hydrogen) atoms. The van der Waals surface area contributed by atoms with Crippen LogP contribution in [0.2, 0.25) is 0 Å². The lowest BCUT2D eigenvalue weighted by Gasteiger charge is -2.15. The molecule has 0 aliphatic carbocycles. The van der Waals surface area contributed by atoms with Gasteiger partial charge in [0.15, 0.2) is 0 Å². The summed E-state index contributed by atoms with van der Waals surface area (Å²) in [6.45, 7) is 3.40. The number of anilines is 1. The zero-order valence-corrected chi connectivity index (χ0v) is 12.2. The van der Waals surface area contributed by atoms with Crippen LogP contribution < -0.4 is 10.6 Å². The van der Waals surface area contributed by atoms with Gasteiger partial charge in [-0.3, -0.25) is 4.79 Å². The van der Waals surface area contributed by atoms with E-state index in [0.29, 0.717) is 11.3 Å². The summed E-state index contributed by atoms with van der Waals surface area (Å²) in [6, 6.07) is 4.39. The van der Waals surface area contributed by atoms with E-state index in [4.69, 9.17) is 5.11 Å². The third kappa shape index (κ3) is 4.24. The number of hydrogen-bond donors (Lipinski definition) is 3. The number of aryl methyl sites for hydroxylation is 1. The first-order valence-corrected chi connectivity index (χ1v) is 6.35. The molecule has 110 valence electrons. The van der Waals surface area contributed by atoms with Crippen LogP contribution in [0.3, 0.4) is 0 Å². The van der Waals surface area contributed by atoms with Gasteiger partial charge in [-0.05, 0) is 31.5 Å². The lowest BCUT2D eigenvalue weighted by Crippen LogP contribution is -2.38. The monoisotopic (exact) mass is 279 g/mol. The average molecular weight is 279 g/mol. The molecule has 1 aromatic carbocycles. The number of nitrogens with one attached hydrogen (secondary N) is 2. The van der Waals surface area contributed by atoms with Gasteiger partial charge in [-0.15, -0.1) is 0 Å². The number of hydrogen-bond acceptors (Lipinski definition) is 3. The predicted molar refractivity (Wildman–Crippen MR) is 77.9 cm³/mol. The Labute approximate surface area is 118 Å². The van der Waals surface area contributed by atoms with E-state index < -0.39 is 6.03 Å². The fraction of sp³-hybridized carbons (Fsp3) is 0.429. The highest BCUT2D eigenvalue weighted by atomic mass is 16.3. The van der Waals surface area contributed by atoms with E-state index in [9.17, 15) is 9.59 Å². The Morgan fingerprint density at radius 2 is 2.00 bits per heavy atom. The Bertz CT molecular complexity index is 500. The molecule has 0 heterocycles. The number of aliphatic hydroxyl groups is 1. The van der Waals surface area contributed by atoms with E-state index in [1.807, 2.05) is 6.92 Å². The SMILES string of the molecule is Cc1ccc(C(=O)N(C)C)cc1NC(=O)NC(C)CO. The second-order valence-corrected chi connectivity index (χ2v) is 4.91. The summed E-state index contributed by atoms with van der Waals surface area (Å²) in [4.78, 5) is 25.1. The van der Waals surface area contributed by atoms with Crippen molar-refractivity contribution in [2.24, 2.45) is 0 Å². The Balaban J connectivity index is 2.87. The molecule has 0 spiro atoms. The summed E-state index contributed by atoms with van der Waals surface area (Å²) in [6.07, 6.45) is 0. The quantitative estimate of drug-likeness (QED) is 0.774. The second-order valence-electron chi connectivity index (χ2n) is 4.91. The molecule has 1 rings (SSSR count). The molecule has 1 unspecified atom stereocenters. The highest BCUT2D eigenvalue weighted by Gasteiger charge is 2.12. The van der Waals surface area contributed by atoms with Crippen molar-refractivity contribution in [1.29, 1.82) is 0 Å². The van der Waals surface area contributed by atoms with Crippen LogP contribution in [0, 0.1) is 6.92 Å². The molecular weight excluding hydrogens is 258 g/mol. The highest BCUT2D eigenvalue weighted by Crippen LogP contribution is 2.17. The van der Waals surface area contributed by atoms with E-state index in [1.165, 1.54) is 4.90 Å². The van der Waals surface area contributed by atoms with E-state index in [0.717, 1.165) is 5.56 Å². The van der Waals surface area contributed by atoms with Gasteiger partial charge in [0.25, 0.3) is 5.91 Å². The summed E-state index contributed by atoms with van der Waals surface area (Å²) in [5.74, 6) is -0.128. The molecular formula is C14H21N3O3. The van der Waals surface area contributed by atoms with E-state index in [1.54, 1.807) is 39.2 Å². The summed E-state index contributed by atoms with van der Waals surface area (Å²) in [7, 11) is 3.34. The highest BCUT2D eigenvalue weighted by molar-refractivity contribution is 5.97. The van der Waals surface area contributed by atoms with Gasteiger partial charge in [0.1, 0.15) is 0 Å². The molecule has 0 bridgehead atoms. The van der Waals surface area contributed by atoms with Crippen molar-refractivity contribution in [3.8, 4) is 0 Å². The molecule has 3 amide bonds. The van der Waals surface area contributed by atoms with Gasteiger partial charge in [-0.25, -0.2) is 4.79 Å². The Morgan fingerprint density at radius 1 is 1.35 bits per heavy atom. The van der Waals surface area contributed by atoms with Gasteiger partial charge in [0, 0.05) is 25.3 Å². The molecule has 0 aliphatic rings. The minimum Gasteiger partial charge on any atom is -0.394 e. The number of urea groups is 1. The van der Waals surface area contributed by atoms with Crippen molar-refractivity contribution in [3.63, 3.8) is 0 Å². The van der Waals surface area contributed by atoms with Gasteiger partial charge in [-0.2, -0.15) is 0 Å². The third-order valence-electron chi connectivity index (χ3n) is 2.79. The molecule has 0 fully saturated rings. The molecule has 0 aliphatic heterocycles. The number of nitrogens with zero attached hydrogens (tertiary/aromatic N) is 1. The average Bonchev–Trinajstić information content (AvgIpc) is 2.40.